The number of carbonyl (C=O) groups is 4. The number of carbonyl (C=O) groups excluding carboxylic acids is 4. The fourth-order valence-corrected chi connectivity index (χ4v) is 2.89. The maximum atomic E-state index is 11.8. The lowest BCUT2D eigenvalue weighted by atomic mass is 9.76. The zero-order valence-electron chi connectivity index (χ0n) is 9.97. The third-order valence-electron chi connectivity index (χ3n) is 3.74. The number of hydrogen-bond donors (Lipinski definition) is 0. The normalized spacial score (nSPS) is 22.8. The van der Waals surface area contributed by atoms with Gasteiger partial charge >= 0.3 is 23.9 Å². The number of hydrogen-bond acceptors (Lipinski definition) is 6. The Morgan fingerprint density at radius 2 is 1.60 bits per heavy atom. The highest BCUT2D eigenvalue weighted by Gasteiger charge is 2.44. The largest absolute Gasteiger partial charge is 0.389 e. The van der Waals surface area contributed by atoms with Crippen LogP contribution in [0.1, 0.15) is 44.2 Å². The average Bonchev–Trinajstić information content (AvgIpc) is 2.42. The second kappa shape index (κ2) is 3.41. The van der Waals surface area contributed by atoms with Crippen LogP contribution in [0.15, 0.2) is 18.2 Å². The predicted octanol–water partition coefficient (Wildman–Crippen LogP) is 0.951. The molecule has 1 aliphatic carbocycles. The Bertz CT molecular complexity index is 770. The van der Waals surface area contributed by atoms with Crippen LogP contribution in [0.25, 0.3) is 5.57 Å². The second-order valence-electron chi connectivity index (χ2n) is 4.74. The molecule has 0 radical (unpaired) electrons. The fourth-order valence-electron chi connectivity index (χ4n) is 2.89. The molecule has 0 aromatic heterocycles. The molecule has 98 valence electrons. The Morgan fingerprint density at radius 1 is 0.900 bits per heavy atom. The van der Waals surface area contributed by atoms with Crippen LogP contribution < -0.4 is 0 Å². The van der Waals surface area contributed by atoms with Gasteiger partial charge in [0.25, 0.3) is 0 Å². The van der Waals surface area contributed by atoms with E-state index in [2.05, 4.69) is 9.47 Å². The zero-order valence-corrected chi connectivity index (χ0v) is 9.97. The summed E-state index contributed by atoms with van der Waals surface area (Å²) in [5.41, 5.74) is 1.40. The number of cyclic esters (lactones) is 4. The molecule has 6 nitrogen and oxygen atoms in total. The Morgan fingerprint density at radius 3 is 2.40 bits per heavy atom. The molecule has 20 heavy (non-hydrogen) atoms. The number of ether oxygens (including phenoxy) is 2. The lowest BCUT2D eigenvalue weighted by Crippen LogP contribution is -2.34. The van der Waals surface area contributed by atoms with Crippen molar-refractivity contribution < 1.29 is 28.7 Å². The van der Waals surface area contributed by atoms with Gasteiger partial charge in [-0.3, -0.25) is 4.79 Å². The van der Waals surface area contributed by atoms with Crippen molar-refractivity contribution >= 4 is 29.5 Å². The van der Waals surface area contributed by atoms with E-state index in [0.29, 0.717) is 11.1 Å². The molecule has 0 saturated carbocycles. The molecular weight excluding hydrogens is 264 g/mol. The lowest BCUT2D eigenvalue weighted by Gasteiger charge is -2.31. The van der Waals surface area contributed by atoms with E-state index in [1.165, 1.54) is 12.1 Å². The first kappa shape index (κ1) is 11.1. The van der Waals surface area contributed by atoms with Crippen molar-refractivity contribution in [3.05, 3.63) is 40.5 Å². The van der Waals surface area contributed by atoms with Crippen molar-refractivity contribution in [1.29, 1.82) is 0 Å². The Balaban J connectivity index is 2.12. The molecular formula is C14H6O6. The van der Waals surface area contributed by atoms with Gasteiger partial charge in [0.1, 0.15) is 0 Å². The average molecular weight is 270 g/mol. The number of rotatable bonds is 0. The van der Waals surface area contributed by atoms with Gasteiger partial charge in [0.2, 0.25) is 0 Å². The first-order chi connectivity index (χ1) is 9.58. The standard InChI is InChI=1S/C14H6O6/c15-11-5-1-2-6-10-8(14(18)20-12(6)16)4-3-7(9(5)10)13(17)19-11/h1-3,8H,4H2. The molecule has 1 unspecified atom stereocenters. The molecule has 0 bridgehead atoms. The summed E-state index contributed by atoms with van der Waals surface area (Å²) in [6.45, 7) is 0. The van der Waals surface area contributed by atoms with Crippen molar-refractivity contribution in [1.82, 2.24) is 0 Å². The molecule has 0 saturated heterocycles. The molecule has 1 atom stereocenters. The van der Waals surface area contributed by atoms with Crippen LogP contribution in [-0.4, -0.2) is 23.9 Å². The molecule has 4 rings (SSSR count). The van der Waals surface area contributed by atoms with E-state index in [0.717, 1.165) is 0 Å². The van der Waals surface area contributed by atoms with Gasteiger partial charge in [0.15, 0.2) is 0 Å². The molecule has 2 aliphatic heterocycles. The highest BCUT2D eigenvalue weighted by atomic mass is 16.6. The molecule has 6 heteroatoms. The lowest BCUT2D eigenvalue weighted by molar-refractivity contribution is -0.140. The van der Waals surface area contributed by atoms with Gasteiger partial charge in [0, 0.05) is 5.56 Å². The molecule has 0 amide bonds. The van der Waals surface area contributed by atoms with E-state index in [1.54, 1.807) is 6.08 Å². The SMILES string of the molecule is O=C1OC(=O)c2ccc3c4c2C1=CCC4C(=O)OC3=O. The highest BCUT2D eigenvalue weighted by molar-refractivity contribution is 6.28. The molecule has 2 heterocycles. The number of allylic oxidation sites excluding steroid dienone is 1. The van der Waals surface area contributed by atoms with E-state index in [4.69, 9.17) is 0 Å². The molecule has 0 spiro atoms. The summed E-state index contributed by atoms with van der Waals surface area (Å²) in [5, 5.41) is 0. The number of esters is 4. The van der Waals surface area contributed by atoms with Gasteiger partial charge in [-0.25, -0.2) is 14.4 Å². The van der Waals surface area contributed by atoms with Crippen molar-refractivity contribution in [3.8, 4) is 0 Å². The summed E-state index contributed by atoms with van der Waals surface area (Å²) in [4.78, 5) is 47.1. The van der Waals surface area contributed by atoms with E-state index in [1.807, 2.05) is 0 Å². The summed E-state index contributed by atoms with van der Waals surface area (Å²) in [5.74, 6) is -3.58. The van der Waals surface area contributed by atoms with E-state index >= 15 is 0 Å². The van der Waals surface area contributed by atoms with Gasteiger partial charge in [-0.15, -0.1) is 0 Å². The van der Waals surface area contributed by atoms with Crippen LogP contribution in [0.4, 0.5) is 0 Å². The summed E-state index contributed by atoms with van der Waals surface area (Å²) in [6.07, 6.45) is 1.79. The van der Waals surface area contributed by atoms with Crippen LogP contribution in [0.2, 0.25) is 0 Å². The van der Waals surface area contributed by atoms with Crippen LogP contribution in [0.3, 0.4) is 0 Å². The summed E-state index contributed by atoms with van der Waals surface area (Å²) in [7, 11) is 0. The minimum Gasteiger partial charge on any atom is -0.389 e. The van der Waals surface area contributed by atoms with E-state index in [9.17, 15) is 19.2 Å². The summed E-state index contributed by atoms with van der Waals surface area (Å²) >= 11 is 0. The Kier molecular flexibility index (Phi) is 1.89. The van der Waals surface area contributed by atoms with Crippen molar-refractivity contribution in [2.45, 2.75) is 12.3 Å². The Hall–Kier alpha value is -2.76. The minimum atomic E-state index is -0.767. The predicted molar refractivity (Wildman–Crippen MR) is 62.6 cm³/mol. The molecule has 1 aromatic rings. The summed E-state index contributed by atoms with van der Waals surface area (Å²) in [6, 6.07) is 2.84. The van der Waals surface area contributed by atoms with Crippen molar-refractivity contribution in [2.75, 3.05) is 0 Å². The highest BCUT2D eigenvalue weighted by Crippen LogP contribution is 2.44. The topological polar surface area (TPSA) is 86.7 Å². The second-order valence-corrected chi connectivity index (χ2v) is 4.74. The summed E-state index contributed by atoms with van der Waals surface area (Å²) < 4.78 is 9.32. The number of benzene rings is 1. The molecule has 0 N–H and O–H groups in total. The smallest absolute Gasteiger partial charge is 0.346 e. The Labute approximate surface area is 112 Å². The van der Waals surface area contributed by atoms with Gasteiger partial charge in [0.05, 0.1) is 22.6 Å². The molecule has 3 aliphatic rings. The van der Waals surface area contributed by atoms with Crippen LogP contribution >= 0.6 is 0 Å². The van der Waals surface area contributed by atoms with Crippen molar-refractivity contribution in [3.63, 3.8) is 0 Å². The fraction of sp³-hybridized carbons (Fsp3) is 0.143. The van der Waals surface area contributed by atoms with Gasteiger partial charge in [-0.1, -0.05) is 6.08 Å². The minimum absolute atomic E-state index is 0.196. The first-order valence-electron chi connectivity index (χ1n) is 5.98. The van der Waals surface area contributed by atoms with E-state index in [-0.39, 0.29) is 23.1 Å². The first-order valence-corrected chi connectivity index (χ1v) is 5.98. The zero-order chi connectivity index (χ0) is 14.0. The third kappa shape index (κ3) is 1.18. The van der Waals surface area contributed by atoms with E-state index < -0.39 is 29.8 Å². The molecule has 0 fully saturated rings. The van der Waals surface area contributed by atoms with Crippen LogP contribution in [0.5, 0.6) is 0 Å². The molecule has 1 aromatic carbocycles. The maximum absolute atomic E-state index is 11.8. The van der Waals surface area contributed by atoms with Crippen molar-refractivity contribution in [2.24, 2.45) is 0 Å². The van der Waals surface area contributed by atoms with Gasteiger partial charge in [-0.2, -0.15) is 0 Å². The van der Waals surface area contributed by atoms with Gasteiger partial charge < -0.3 is 9.47 Å². The van der Waals surface area contributed by atoms with Gasteiger partial charge in [-0.05, 0) is 24.1 Å². The van der Waals surface area contributed by atoms with Crippen LogP contribution in [0, 0.1) is 0 Å². The maximum Gasteiger partial charge on any atom is 0.346 e. The van der Waals surface area contributed by atoms with Crippen LogP contribution in [-0.2, 0) is 19.1 Å². The quantitative estimate of drug-likeness (QED) is 0.515. The monoisotopic (exact) mass is 270 g/mol. The third-order valence-corrected chi connectivity index (χ3v) is 3.74.